The van der Waals surface area contributed by atoms with E-state index < -0.39 is 20.8 Å². The minimum Gasteiger partial charge on any atom is -0.716 e. The van der Waals surface area contributed by atoms with Crippen molar-refractivity contribution in [2.24, 2.45) is 0 Å². The number of allylic oxidation sites excluding steroid dienone is 2. The van der Waals surface area contributed by atoms with Crippen LogP contribution in [0.25, 0.3) is 11.1 Å². The van der Waals surface area contributed by atoms with Gasteiger partial charge in [-0.15, -0.1) is 0 Å². The number of rotatable bonds is 8. The predicted molar refractivity (Wildman–Crippen MR) is 101 cm³/mol. The smallest absolute Gasteiger partial charge is 0.716 e. The summed E-state index contributed by atoms with van der Waals surface area (Å²) in [5.74, 6) is -0.153. The minimum atomic E-state index is -4.84. The molecule has 0 amide bonds. The van der Waals surface area contributed by atoms with Crippen LogP contribution in [0.1, 0.15) is 37.8 Å². The second-order valence-electron chi connectivity index (χ2n) is 5.70. The molecule has 8 nitrogen and oxygen atoms in total. The zero-order chi connectivity index (χ0) is 20.9. The van der Waals surface area contributed by atoms with E-state index in [-0.39, 0.29) is 70.6 Å². The molecule has 0 saturated heterocycles. The molecule has 0 N–H and O–H groups in total. The van der Waals surface area contributed by atoms with Crippen LogP contribution in [0.2, 0.25) is 0 Å². The topological polar surface area (TPSA) is 133 Å². The molecule has 0 unspecified atom stereocenters. The van der Waals surface area contributed by atoms with Crippen molar-refractivity contribution < 1.29 is 93.4 Å². The quantitative estimate of drug-likeness (QED) is 0.173. The summed E-state index contributed by atoms with van der Waals surface area (Å²) in [6, 6.07) is 12.2. The zero-order valence-electron chi connectivity index (χ0n) is 17.1. The van der Waals surface area contributed by atoms with E-state index >= 15 is 0 Å². The minimum absolute atomic E-state index is 0. The Balaban J connectivity index is 0.00000420. The molecule has 0 saturated carbocycles. The number of hydrogen-bond acceptors (Lipinski definition) is 8. The van der Waals surface area contributed by atoms with Gasteiger partial charge in [0.1, 0.15) is 11.5 Å². The zero-order valence-corrected chi connectivity index (χ0v) is 22.7. The van der Waals surface area contributed by atoms with Crippen LogP contribution in [0.3, 0.4) is 0 Å². The first-order valence-corrected chi connectivity index (χ1v) is 10.9. The van der Waals surface area contributed by atoms with Gasteiger partial charge in [-0.3, -0.25) is 0 Å². The van der Waals surface area contributed by atoms with Gasteiger partial charge >= 0.3 is 59.1 Å². The molecule has 2 rings (SSSR count). The predicted octanol–water partition coefficient (Wildman–Crippen LogP) is -2.90. The third-order valence-corrected chi connectivity index (χ3v) is 4.67. The first-order chi connectivity index (χ1) is 13.0. The molecule has 0 bridgehead atoms. The van der Waals surface area contributed by atoms with Crippen molar-refractivity contribution in [3.05, 3.63) is 59.7 Å². The fourth-order valence-electron chi connectivity index (χ4n) is 2.84. The van der Waals surface area contributed by atoms with E-state index in [1.54, 1.807) is 24.3 Å². The molecule has 152 valence electrons. The van der Waals surface area contributed by atoms with Gasteiger partial charge in [0.15, 0.2) is 0 Å². The summed E-state index contributed by atoms with van der Waals surface area (Å²) in [5, 5.41) is 0. The SMILES string of the molecule is CC/C(=C(/CC)c1ccc(OS(=O)(=O)[O-])cc1)c1ccc(OS(=O)(=O)[O-])cc1.[Na+].[Na+]. The van der Waals surface area contributed by atoms with E-state index in [0.29, 0.717) is 12.8 Å². The van der Waals surface area contributed by atoms with Crippen LogP contribution in [0, 0.1) is 0 Å². The van der Waals surface area contributed by atoms with Crippen molar-refractivity contribution in [2.45, 2.75) is 26.7 Å². The van der Waals surface area contributed by atoms with E-state index in [2.05, 4.69) is 8.37 Å². The maximum Gasteiger partial charge on any atom is 1.00 e. The average molecular weight is 472 g/mol. The summed E-state index contributed by atoms with van der Waals surface area (Å²) in [6.45, 7) is 3.91. The Hall–Kier alpha value is -0.400. The van der Waals surface area contributed by atoms with Crippen LogP contribution >= 0.6 is 0 Å². The molecule has 0 fully saturated rings. The number of benzene rings is 2. The van der Waals surface area contributed by atoms with Crippen molar-refractivity contribution in [2.75, 3.05) is 0 Å². The molecular weight excluding hydrogens is 454 g/mol. The summed E-state index contributed by atoms with van der Waals surface area (Å²) in [5.41, 5.74) is 3.59. The Bertz CT molecular complexity index is 975. The van der Waals surface area contributed by atoms with Crippen molar-refractivity contribution >= 4 is 31.9 Å². The van der Waals surface area contributed by atoms with Gasteiger partial charge in [0.2, 0.25) is 0 Å². The van der Waals surface area contributed by atoms with E-state index in [4.69, 9.17) is 0 Å². The standard InChI is InChI=1S/C18H20O8S2.2Na/c1-3-17(13-5-9-15(10-6-13)25-27(19,20)21)18(4-2)14-7-11-16(12-8-14)26-28(22,23)24;;/h5-12H,3-4H2,1-2H3,(H,19,20,21)(H,22,23,24);;/q;2*+1/p-2/b18-17+;;. The van der Waals surface area contributed by atoms with E-state index in [1.165, 1.54) is 24.3 Å². The first kappa shape index (κ1) is 29.6. The van der Waals surface area contributed by atoms with Gasteiger partial charge in [-0.25, -0.2) is 16.8 Å². The molecule has 30 heavy (non-hydrogen) atoms. The van der Waals surface area contributed by atoms with Crippen molar-refractivity contribution in [1.29, 1.82) is 0 Å². The summed E-state index contributed by atoms with van der Waals surface area (Å²) < 4.78 is 72.7. The van der Waals surface area contributed by atoms with Crippen molar-refractivity contribution in [1.82, 2.24) is 0 Å². The van der Waals surface area contributed by atoms with Crippen LogP contribution < -0.4 is 67.5 Å². The second kappa shape index (κ2) is 12.6. The molecule has 0 aliphatic rings. The molecule has 0 aliphatic carbocycles. The van der Waals surface area contributed by atoms with E-state index in [1.807, 2.05) is 13.8 Å². The Labute approximate surface area is 221 Å². The average Bonchev–Trinajstić information content (AvgIpc) is 2.59. The Morgan fingerprint density at radius 2 is 0.933 bits per heavy atom. The Morgan fingerprint density at radius 1 is 0.667 bits per heavy atom. The molecule has 0 aromatic heterocycles. The number of hydrogen-bond donors (Lipinski definition) is 0. The fourth-order valence-corrected chi connectivity index (χ4v) is 3.54. The second-order valence-corrected chi connectivity index (χ2v) is 7.66. The van der Waals surface area contributed by atoms with Gasteiger partial charge in [-0.2, -0.15) is 0 Å². The summed E-state index contributed by atoms with van der Waals surface area (Å²) in [4.78, 5) is 0. The van der Waals surface area contributed by atoms with Gasteiger partial charge < -0.3 is 17.5 Å². The molecule has 0 heterocycles. The molecule has 12 heteroatoms. The van der Waals surface area contributed by atoms with Crippen LogP contribution in [-0.4, -0.2) is 25.9 Å². The van der Waals surface area contributed by atoms with Crippen LogP contribution in [0.15, 0.2) is 48.5 Å². The van der Waals surface area contributed by atoms with E-state index in [0.717, 1.165) is 22.3 Å². The molecule has 2 aromatic carbocycles. The molecule has 0 radical (unpaired) electrons. The van der Waals surface area contributed by atoms with Gasteiger partial charge in [-0.05, 0) is 59.4 Å². The fraction of sp³-hybridized carbons (Fsp3) is 0.222. The molecule has 0 spiro atoms. The van der Waals surface area contributed by atoms with Crippen molar-refractivity contribution in [3.8, 4) is 11.5 Å². The first-order valence-electron chi connectivity index (χ1n) is 8.26. The van der Waals surface area contributed by atoms with E-state index in [9.17, 15) is 25.9 Å². The Morgan fingerprint density at radius 3 is 1.13 bits per heavy atom. The normalized spacial score (nSPS) is 12.1. The van der Waals surface area contributed by atoms with Gasteiger partial charge in [0.05, 0.1) is 0 Å². The molecule has 0 atom stereocenters. The van der Waals surface area contributed by atoms with Crippen LogP contribution in [0.5, 0.6) is 11.5 Å². The van der Waals surface area contributed by atoms with Crippen LogP contribution in [-0.2, 0) is 20.8 Å². The summed E-state index contributed by atoms with van der Waals surface area (Å²) in [7, 11) is -9.67. The molecule has 2 aromatic rings. The third-order valence-electron chi connectivity index (χ3n) is 3.87. The van der Waals surface area contributed by atoms with Gasteiger partial charge in [-0.1, -0.05) is 38.1 Å². The Kier molecular flexibility index (Phi) is 12.4. The maximum absolute atomic E-state index is 10.7. The summed E-state index contributed by atoms with van der Waals surface area (Å²) >= 11 is 0. The van der Waals surface area contributed by atoms with Gasteiger partial charge in [0.25, 0.3) is 20.8 Å². The monoisotopic (exact) mass is 472 g/mol. The molecule has 0 aliphatic heterocycles. The van der Waals surface area contributed by atoms with Gasteiger partial charge in [0, 0.05) is 0 Å². The third kappa shape index (κ3) is 9.39. The van der Waals surface area contributed by atoms with Crippen LogP contribution in [0.4, 0.5) is 0 Å². The largest absolute Gasteiger partial charge is 1.00 e. The molecular formula is C18H18Na2O8S2. The maximum atomic E-state index is 10.7. The van der Waals surface area contributed by atoms with Crippen molar-refractivity contribution in [3.63, 3.8) is 0 Å². The summed E-state index contributed by atoms with van der Waals surface area (Å²) in [6.07, 6.45) is 1.33.